The molecule has 3 aromatic carbocycles. The zero-order valence-corrected chi connectivity index (χ0v) is 19.4. The van der Waals surface area contributed by atoms with Crippen LogP contribution in [0.5, 0.6) is 0 Å². The minimum atomic E-state index is -1.15. The number of carbonyl (C=O) groups is 2. The van der Waals surface area contributed by atoms with Gasteiger partial charge in [-0.05, 0) is 48.0 Å². The van der Waals surface area contributed by atoms with Crippen LogP contribution in [0.4, 0.5) is 17.1 Å². The SMILES string of the molecule is O=C1C2ON(c3ccc(Cl)cc3)C(c3ccc(Cl)cc3Cl)C2C(=O)N1c1cccc([N+](=O)[O-])c1. The summed E-state index contributed by atoms with van der Waals surface area (Å²) in [6, 6.07) is 16.2. The van der Waals surface area contributed by atoms with Gasteiger partial charge in [0.2, 0.25) is 5.91 Å². The number of benzene rings is 3. The monoisotopic (exact) mass is 517 g/mol. The Morgan fingerprint density at radius 1 is 0.853 bits per heavy atom. The molecule has 8 nitrogen and oxygen atoms in total. The molecule has 2 saturated heterocycles. The summed E-state index contributed by atoms with van der Waals surface area (Å²) in [6.45, 7) is 0. The standard InChI is InChI=1S/C23H14Cl3N3O5/c24-12-4-7-14(8-5-12)28-20(17-9-6-13(25)10-18(17)26)19-21(34-28)23(31)27(22(19)30)15-2-1-3-16(11-15)29(32)33/h1-11,19-21H. The second kappa shape index (κ2) is 8.56. The van der Waals surface area contributed by atoms with Gasteiger partial charge < -0.3 is 0 Å². The Hall–Kier alpha value is -3.17. The van der Waals surface area contributed by atoms with Crippen LogP contribution in [0.25, 0.3) is 0 Å². The normalized spacial score (nSPS) is 21.8. The Morgan fingerprint density at radius 3 is 2.24 bits per heavy atom. The molecule has 3 unspecified atom stereocenters. The average molecular weight is 519 g/mol. The molecule has 0 spiro atoms. The summed E-state index contributed by atoms with van der Waals surface area (Å²) in [5.41, 5.74) is 0.963. The molecule has 0 N–H and O–H groups in total. The van der Waals surface area contributed by atoms with Crippen molar-refractivity contribution in [3.63, 3.8) is 0 Å². The Balaban J connectivity index is 1.60. The molecule has 2 aliphatic rings. The van der Waals surface area contributed by atoms with Gasteiger partial charge in [-0.1, -0.05) is 46.9 Å². The van der Waals surface area contributed by atoms with Gasteiger partial charge in [-0.15, -0.1) is 0 Å². The molecule has 5 rings (SSSR count). The van der Waals surface area contributed by atoms with Crippen LogP contribution in [0.3, 0.4) is 0 Å². The number of nitro groups is 1. The van der Waals surface area contributed by atoms with Gasteiger partial charge in [-0.2, -0.15) is 0 Å². The number of nitrogens with zero attached hydrogens (tertiary/aromatic N) is 3. The number of hydroxylamine groups is 1. The molecule has 0 aromatic heterocycles. The van der Waals surface area contributed by atoms with E-state index in [9.17, 15) is 19.7 Å². The highest BCUT2D eigenvalue weighted by molar-refractivity contribution is 6.35. The molecule has 3 atom stereocenters. The molecule has 2 fully saturated rings. The second-order valence-electron chi connectivity index (χ2n) is 7.75. The second-order valence-corrected chi connectivity index (χ2v) is 9.03. The lowest BCUT2D eigenvalue weighted by molar-refractivity contribution is -0.384. The average Bonchev–Trinajstić information content (AvgIpc) is 3.30. The molecule has 3 aromatic rings. The number of nitro benzene ring substituents is 1. The smallest absolute Gasteiger partial charge is 0.271 e. The first-order valence-electron chi connectivity index (χ1n) is 10.0. The predicted molar refractivity (Wildman–Crippen MR) is 127 cm³/mol. The lowest BCUT2D eigenvalue weighted by atomic mass is 9.90. The zero-order chi connectivity index (χ0) is 24.1. The first kappa shape index (κ1) is 22.6. The Kier molecular flexibility index (Phi) is 5.69. The summed E-state index contributed by atoms with van der Waals surface area (Å²) in [4.78, 5) is 44.5. The molecular weight excluding hydrogens is 505 g/mol. The largest absolute Gasteiger partial charge is 0.273 e. The Morgan fingerprint density at radius 2 is 1.56 bits per heavy atom. The Bertz CT molecular complexity index is 1330. The van der Waals surface area contributed by atoms with E-state index in [2.05, 4.69) is 0 Å². The number of hydrogen-bond donors (Lipinski definition) is 0. The van der Waals surface area contributed by atoms with Crippen LogP contribution in [0, 0.1) is 16.0 Å². The number of carbonyl (C=O) groups excluding carboxylic acids is 2. The maximum absolute atomic E-state index is 13.6. The number of amides is 2. The number of halogens is 3. The zero-order valence-electron chi connectivity index (χ0n) is 17.1. The molecule has 2 amide bonds. The topological polar surface area (TPSA) is 93.0 Å². The molecule has 172 valence electrons. The van der Waals surface area contributed by atoms with Crippen molar-refractivity contribution in [2.75, 3.05) is 9.96 Å². The van der Waals surface area contributed by atoms with E-state index in [1.165, 1.54) is 29.3 Å². The molecule has 2 heterocycles. The van der Waals surface area contributed by atoms with E-state index >= 15 is 0 Å². The van der Waals surface area contributed by atoms with Gasteiger partial charge in [0.1, 0.15) is 5.92 Å². The molecule has 0 radical (unpaired) electrons. The van der Waals surface area contributed by atoms with Crippen molar-refractivity contribution in [2.45, 2.75) is 12.1 Å². The summed E-state index contributed by atoms with van der Waals surface area (Å²) >= 11 is 18.6. The molecular formula is C23H14Cl3N3O5. The van der Waals surface area contributed by atoms with E-state index in [-0.39, 0.29) is 11.4 Å². The summed E-state index contributed by atoms with van der Waals surface area (Å²) in [6.07, 6.45) is -1.15. The molecule has 0 saturated carbocycles. The minimum Gasteiger partial charge on any atom is -0.273 e. The molecule has 11 heteroatoms. The summed E-state index contributed by atoms with van der Waals surface area (Å²) in [5.74, 6) is -2.13. The fourth-order valence-electron chi connectivity index (χ4n) is 4.28. The Labute approximate surface area is 208 Å². The maximum atomic E-state index is 13.6. The number of non-ortho nitro benzene ring substituents is 1. The van der Waals surface area contributed by atoms with E-state index in [0.717, 1.165) is 4.90 Å². The van der Waals surface area contributed by atoms with Gasteiger partial charge in [0.25, 0.3) is 11.6 Å². The van der Waals surface area contributed by atoms with Gasteiger partial charge in [-0.3, -0.25) is 24.5 Å². The van der Waals surface area contributed by atoms with E-state index in [1.807, 2.05) is 0 Å². The number of rotatable bonds is 4. The highest BCUT2D eigenvalue weighted by Crippen LogP contribution is 2.49. The van der Waals surface area contributed by atoms with Crippen molar-refractivity contribution in [1.82, 2.24) is 0 Å². The quantitative estimate of drug-likeness (QED) is 0.253. The number of anilines is 2. The lowest BCUT2D eigenvalue weighted by Crippen LogP contribution is -2.37. The van der Waals surface area contributed by atoms with Crippen LogP contribution in [0.15, 0.2) is 66.7 Å². The third-order valence-corrected chi connectivity index (χ3v) is 6.59. The molecule has 34 heavy (non-hydrogen) atoms. The fourth-order valence-corrected chi connectivity index (χ4v) is 4.93. The number of fused-ring (bicyclic) bond motifs is 1. The lowest BCUT2D eigenvalue weighted by Gasteiger charge is -2.29. The maximum Gasteiger partial charge on any atom is 0.271 e. The van der Waals surface area contributed by atoms with Crippen LogP contribution in [-0.2, 0) is 14.4 Å². The van der Waals surface area contributed by atoms with Gasteiger partial charge in [0.15, 0.2) is 6.10 Å². The van der Waals surface area contributed by atoms with E-state index in [4.69, 9.17) is 39.6 Å². The highest BCUT2D eigenvalue weighted by atomic mass is 35.5. The van der Waals surface area contributed by atoms with Crippen molar-refractivity contribution in [3.8, 4) is 0 Å². The first-order valence-corrected chi connectivity index (χ1v) is 11.2. The van der Waals surface area contributed by atoms with Crippen LogP contribution in [0.1, 0.15) is 11.6 Å². The van der Waals surface area contributed by atoms with Crippen LogP contribution >= 0.6 is 34.8 Å². The van der Waals surface area contributed by atoms with Crippen LogP contribution in [0.2, 0.25) is 15.1 Å². The van der Waals surface area contributed by atoms with Gasteiger partial charge in [0, 0.05) is 27.2 Å². The van der Waals surface area contributed by atoms with Crippen molar-refractivity contribution >= 4 is 63.7 Å². The number of imide groups is 1. The van der Waals surface area contributed by atoms with Crippen LogP contribution < -0.4 is 9.96 Å². The van der Waals surface area contributed by atoms with Crippen molar-refractivity contribution in [1.29, 1.82) is 0 Å². The van der Waals surface area contributed by atoms with E-state index in [0.29, 0.717) is 26.3 Å². The van der Waals surface area contributed by atoms with Crippen LogP contribution in [-0.4, -0.2) is 22.8 Å². The van der Waals surface area contributed by atoms with Crippen molar-refractivity contribution in [3.05, 3.63) is 97.5 Å². The van der Waals surface area contributed by atoms with E-state index < -0.39 is 34.8 Å². The van der Waals surface area contributed by atoms with E-state index in [1.54, 1.807) is 42.5 Å². The van der Waals surface area contributed by atoms with Crippen molar-refractivity contribution in [2.24, 2.45) is 5.92 Å². The van der Waals surface area contributed by atoms with Gasteiger partial charge >= 0.3 is 0 Å². The molecule has 0 bridgehead atoms. The number of hydrogen-bond acceptors (Lipinski definition) is 6. The fraction of sp³-hybridized carbons (Fsp3) is 0.130. The van der Waals surface area contributed by atoms with Gasteiger partial charge in [-0.25, -0.2) is 9.96 Å². The minimum absolute atomic E-state index is 0.0983. The molecule has 2 aliphatic heterocycles. The van der Waals surface area contributed by atoms with Gasteiger partial charge in [0.05, 0.1) is 22.3 Å². The molecule has 0 aliphatic carbocycles. The highest BCUT2D eigenvalue weighted by Gasteiger charge is 2.60. The first-order chi connectivity index (χ1) is 16.3. The predicted octanol–water partition coefficient (Wildman–Crippen LogP) is 5.61. The van der Waals surface area contributed by atoms with Crippen molar-refractivity contribution < 1.29 is 19.3 Å². The summed E-state index contributed by atoms with van der Waals surface area (Å²) in [7, 11) is 0. The summed E-state index contributed by atoms with van der Waals surface area (Å²) < 4.78 is 0. The third-order valence-electron chi connectivity index (χ3n) is 5.78. The summed E-state index contributed by atoms with van der Waals surface area (Å²) in [5, 5.41) is 13.9. The third kappa shape index (κ3) is 3.69.